The summed E-state index contributed by atoms with van der Waals surface area (Å²) in [5.41, 5.74) is 3.76. The second kappa shape index (κ2) is 9.34. The fourth-order valence-electron chi connectivity index (χ4n) is 5.60. The van der Waals surface area contributed by atoms with Gasteiger partial charge in [-0.1, -0.05) is 96.0 Å². The summed E-state index contributed by atoms with van der Waals surface area (Å²) in [7, 11) is 0. The topological polar surface area (TPSA) is 15.3 Å². The second-order valence-corrected chi connectivity index (χ2v) is 9.57. The van der Waals surface area contributed by atoms with Crippen molar-refractivity contribution in [1.29, 1.82) is 0 Å². The molecule has 0 spiro atoms. The molecule has 3 aromatic carbocycles. The number of hydrogen-bond donors (Lipinski definition) is 1. The number of piperidine rings is 3. The van der Waals surface area contributed by atoms with E-state index < -0.39 is 0 Å². The van der Waals surface area contributed by atoms with Gasteiger partial charge in [-0.15, -0.1) is 0 Å². The fourth-order valence-corrected chi connectivity index (χ4v) is 6.03. The van der Waals surface area contributed by atoms with Gasteiger partial charge in [0.25, 0.3) is 0 Å². The van der Waals surface area contributed by atoms with Crippen LogP contribution in [0, 0.1) is 5.92 Å². The minimum atomic E-state index is 0.170. The molecule has 3 atom stereocenters. The lowest BCUT2D eigenvalue weighted by atomic mass is 9.70. The molecule has 4 heteroatoms. The van der Waals surface area contributed by atoms with Crippen LogP contribution in [0.4, 0.5) is 0 Å². The zero-order valence-corrected chi connectivity index (χ0v) is 19.1. The molecule has 0 aliphatic carbocycles. The Morgan fingerprint density at radius 1 is 0.839 bits per heavy atom. The summed E-state index contributed by atoms with van der Waals surface area (Å²) in [5.74, 6) is 0.853. The van der Waals surface area contributed by atoms with Gasteiger partial charge in [-0.05, 0) is 54.6 Å². The monoisotopic (exact) mass is 450 g/mol. The summed E-state index contributed by atoms with van der Waals surface area (Å²) in [6, 6.07) is 28.3. The summed E-state index contributed by atoms with van der Waals surface area (Å²) >= 11 is 13.3. The molecule has 3 aliphatic rings. The van der Waals surface area contributed by atoms with Gasteiger partial charge in [-0.3, -0.25) is 4.90 Å². The van der Waals surface area contributed by atoms with Crippen molar-refractivity contribution in [3.05, 3.63) is 106 Å². The van der Waals surface area contributed by atoms with Crippen LogP contribution in [0.25, 0.3) is 0 Å². The highest BCUT2D eigenvalue weighted by Crippen LogP contribution is 2.44. The van der Waals surface area contributed by atoms with Crippen molar-refractivity contribution >= 4 is 23.2 Å². The van der Waals surface area contributed by atoms with Crippen molar-refractivity contribution in [3.8, 4) is 0 Å². The Labute approximate surface area is 195 Å². The molecule has 0 saturated carbocycles. The molecule has 2 bridgehead atoms. The maximum absolute atomic E-state index is 6.81. The third-order valence-corrected chi connectivity index (χ3v) is 7.91. The van der Waals surface area contributed by atoms with Crippen molar-refractivity contribution in [2.24, 2.45) is 5.92 Å². The van der Waals surface area contributed by atoms with E-state index in [2.05, 4.69) is 76.9 Å². The van der Waals surface area contributed by atoms with Crippen molar-refractivity contribution in [1.82, 2.24) is 10.2 Å². The highest BCUT2D eigenvalue weighted by atomic mass is 35.5. The van der Waals surface area contributed by atoms with Crippen LogP contribution in [0.3, 0.4) is 0 Å². The quantitative estimate of drug-likeness (QED) is 0.468. The van der Waals surface area contributed by atoms with Gasteiger partial charge < -0.3 is 5.32 Å². The number of halogens is 2. The molecule has 31 heavy (non-hydrogen) atoms. The predicted molar refractivity (Wildman–Crippen MR) is 130 cm³/mol. The molecule has 3 fully saturated rings. The maximum Gasteiger partial charge on any atom is 0.0631 e. The van der Waals surface area contributed by atoms with Crippen LogP contribution >= 0.6 is 23.2 Å². The third-order valence-electron chi connectivity index (χ3n) is 7.07. The first-order valence-corrected chi connectivity index (χ1v) is 12.0. The number of fused-ring (bicyclic) bond motifs is 3. The van der Waals surface area contributed by atoms with E-state index in [4.69, 9.17) is 23.2 Å². The molecule has 0 aromatic heterocycles. The Balaban J connectivity index is 1.55. The highest BCUT2D eigenvalue weighted by Gasteiger charge is 2.46. The lowest BCUT2D eigenvalue weighted by Crippen LogP contribution is -2.64. The van der Waals surface area contributed by atoms with Crippen LogP contribution in [0.1, 0.15) is 35.4 Å². The molecule has 3 heterocycles. The summed E-state index contributed by atoms with van der Waals surface area (Å²) < 4.78 is 0. The number of benzene rings is 3. The number of nitrogens with one attached hydrogen (secondary N) is 1. The number of nitrogens with zero attached hydrogens (tertiary/aromatic N) is 1. The molecule has 1 N–H and O–H groups in total. The number of rotatable bonds is 6. The summed E-state index contributed by atoms with van der Waals surface area (Å²) in [5, 5.41) is 5.27. The lowest BCUT2D eigenvalue weighted by Gasteiger charge is -2.54. The summed E-state index contributed by atoms with van der Waals surface area (Å²) in [6.45, 7) is 3.19. The average Bonchev–Trinajstić information content (AvgIpc) is 2.83. The van der Waals surface area contributed by atoms with Crippen LogP contribution in [0.2, 0.25) is 10.0 Å². The molecule has 3 aromatic rings. The zero-order valence-electron chi connectivity index (χ0n) is 17.6. The Morgan fingerprint density at radius 3 is 2.23 bits per heavy atom. The molecular formula is C27H28Cl2N2. The van der Waals surface area contributed by atoms with E-state index >= 15 is 0 Å². The van der Waals surface area contributed by atoms with Gasteiger partial charge in [0, 0.05) is 24.5 Å². The average molecular weight is 451 g/mol. The standard InChI is InChI=1S/C27H28Cl2N2/c28-23-13-7-12-22(25(23)29)24(20-10-5-2-6-11-20)27-26(21-14-16-31(27)17-15-21)30-18-19-8-3-1-4-9-19/h1-13,21,24,26-27,30H,14-18H2/t24-,26+,27+/m0/s1. The molecule has 2 nitrogen and oxygen atoms in total. The minimum Gasteiger partial charge on any atom is -0.308 e. The largest absolute Gasteiger partial charge is 0.308 e. The van der Waals surface area contributed by atoms with E-state index in [9.17, 15) is 0 Å². The first-order chi connectivity index (χ1) is 15.2. The summed E-state index contributed by atoms with van der Waals surface area (Å²) in [6.07, 6.45) is 2.52. The third kappa shape index (κ3) is 4.27. The van der Waals surface area contributed by atoms with Gasteiger partial charge in [-0.2, -0.15) is 0 Å². The zero-order chi connectivity index (χ0) is 21.2. The predicted octanol–water partition coefficient (Wildman–Crippen LogP) is 6.38. The van der Waals surface area contributed by atoms with E-state index in [-0.39, 0.29) is 5.92 Å². The van der Waals surface area contributed by atoms with E-state index in [0.29, 0.717) is 28.0 Å². The molecule has 0 radical (unpaired) electrons. The normalized spacial score (nSPS) is 26.0. The van der Waals surface area contributed by atoms with Crippen molar-refractivity contribution < 1.29 is 0 Å². The van der Waals surface area contributed by atoms with Gasteiger partial charge in [0.1, 0.15) is 0 Å². The molecular weight excluding hydrogens is 423 g/mol. The molecule has 6 rings (SSSR count). The molecule has 0 unspecified atom stereocenters. The van der Waals surface area contributed by atoms with Crippen LogP contribution in [0.15, 0.2) is 78.9 Å². The van der Waals surface area contributed by atoms with Crippen molar-refractivity contribution in [2.75, 3.05) is 13.1 Å². The van der Waals surface area contributed by atoms with Crippen LogP contribution < -0.4 is 5.32 Å². The maximum atomic E-state index is 6.81. The minimum absolute atomic E-state index is 0.170. The van der Waals surface area contributed by atoms with Crippen molar-refractivity contribution in [2.45, 2.75) is 37.4 Å². The molecule has 3 saturated heterocycles. The van der Waals surface area contributed by atoms with E-state index in [0.717, 1.165) is 25.2 Å². The smallest absolute Gasteiger partial charge is 0.0631 e. The summed E-state index contributed by atoms with van der Waals surface area (Å²) in [4.78, 5) is 2.68. The van der Waals surface area contributed by atoms with Crippen LogP contribution in [0.5, 0.6) is 0 Å². The van der Waals surface area contributed by atoms with E-state index in [1.807, 2.05) is 12.1 Å². The Bertz CT molecular complexity index is 1000. The van der Waals surface area contributed by atoms with E-state index in [1.165, 1.54) is 24.0 Å². The fraction of sp³-hybridized carbons (Fsp3) is 0.333. The highest BCUT2D eigenvalue weighted by molar-refractivity contribution is 6.42. The SMILES string of the molecule is Clc1cccc([C@H](c2ccccc2)[C@@H]2[C@H](NCc3ccccc3)C3CCN2CC3)c1Cl. The molecule has 0 amide bonds. The first kappa shape index (κ1) is 21.0. The Morgan fingerprint density at radius 2 is 1.52 bits per heavy atom. The number of hydrogen-bond acceptors (Lipinski definition) is 2. The molecule has 160 valence electrons. The van der Waals surface area contributed by atoms with Gasteiger partial charge in [0.2, 0.25) is 0 Å². The molecule has 3 aliphatic heterocycles. The Kier molecular flexibility index (Phi) is 6.34. The second-order valence-electron chi connectivity index (χ2n) is 8.79. The Hall–Kier alpha value is -1.84. The van der Waals surface area contributed by atoms with Gasteiger partial charge >= 0.3 is 0 Å². The van der Waals surface area contributed by atoms with Crippen molar-refractivity contribution in [3.63, 3.8) is 0 Å². The van der Waals surface area contributed by atoms with Crippen LogP contribution in [-0.2, 0) is 6.54 Å². The van der Waals surface area contributed by atoms with Gasteiger partial charge in [0.05, 0.1) is 10.0 Å². The van der Waals surface area contributed by atoms with Gasteiger partial charge in [0.15, 0.2) is 0 Å². The first-order valence-electron chi connectivity index (χ1n) is 11.2. The lowest BCUT2D eigenvalue weighted by molar-refractivity contribution is 0.00469. The van der Waals surface area contributed by atoms with E-state index in [1.54, 1.807) is 0 Å². The van der Waals surface area contributed by atoms with Gasteiger partial charge in [-0.25, -0.2) is 0 Å². The van der Waals surface area contributed by atoms with Crippen LogP contribution in [-0.4, -0.2) is 30.1 Å².